The predicted octanol–water partition coefficient (Wildman–Crippen LogP) is 3.91. The summed E-state index contributed by atoms with van der Waals surface area (Å²) in [5.41, 5.74) is 0.460. The first kappa shape index (κ1) is 26.1. The molecule has 8 nitrogen and oxygen atoms in total. The topological polar surface area (TPSA) is 91.0 Å². The number of hydrogen-bond donors (Lipinski definition) is 2. The number of benzene rings is 1. The normalized spacial score (nSPS) is 19.0. The number of amides is 3. The van der Waals surface area contributed by atoms with Crippen LogP contribution in [-0.4, -0.2) is 67.6 Å². The molecule has 3 aliphatic rings. The van der Waals surface area contributed by atoms with Crippen molar-refractivity contribution in [3.05, 3.63) is 45.4 Å². The quantitative estimate of drug-likeness (QED) is 0.470. The lowest BCUT2D eigenvalue weighted by Gasteiger charge is -2.37. The van der Waals surface area contributed by atoms with Gasteiger partial charge in [-0.15, -0.1) is 11.3 Å². The maximum Gasteiger partial charge on any atom is 0.261 e. The van der Waals surface area contributed by atoms with E-state index in [9.17, 15) is 14.4 Å². The second kappa shape index (κ2) is 11.5. The molecule has 0 unspecified atom stereocenters. The third-order valence-electron chi connectivity index (χ3n) is 7.17. The molecule has 1 aliphatic heterocycles. The van der Waals surface area contributed by atoms with Crippen LogP contribution in [0, 0.1) is 11.7 Å². The molecule has 11 heteroatoms. The van der Waals surface area contributed by atoms with Gasteiger partial charge in [0.15, 0.2) is 0 Å². The fourth-order valence-electron chi connectivity index (χ4n) is 4.76. The van der Waals surface area contributed by atoms with Crippen molar-refractivity contribution in [1.29, 1.82) is 0 Å². The third kappa shape index (κ3) is 6.31. The zero-order valence-corrected chi connectivity index (χ0v) is 22.0. The van der Waals surface area contributed by atoms with Crippen LogP contribution < -0.4 is 15.5 Å². The van der Waals surface area contributed by atoms with Crippen molar-refractivity contribution in [2.75, 3.05) is 43.1 Å². The lowest BCUT2D eigenvalue weighted by atomic mass is 9.84. The summed E-state index contributed by atoms with van der Waals surface area (Å²) in [5, 5.41) is 5.62. The summed E-state index contributed by atoms with van der Waals surface area (Å²) >= 11 is 7.15. The number of halogens is 2. The first-order chi connectivity index (χ1) is 17.9. The van der Waals surface area contributed by atoms with Crippen molar-refractivity contribution in [1.82, 2.24) is 10.2 Å². The van der Waals surface area contributed by atoms with Crippen LogP contribution in [0.1, 0.15) is 41.8 Å². The van der Waals surface area contributed by atoms with E-state index in [1.165, 1.54) is 34.8 Å². The SMILES string of the molecule is O=C(NC[C@@H](C(=O)Nc1ccc(N2CCOCC2=O)cc1F)N(CC1CCC1)C1CC1)c1ccc(Cl)s1. The Bertz CT molecular complexity index is 1170. The molecule has 0 spiro atoms. The highest BCUT2D eigenvalue weighted by atomic mass is 35.5. The Labute approximate surface area is 224 Å². The number of carbonyl (C=O) groups excluding carboxylic acids is 3. The van der Waals surface area contributed by atoms with Crippen LogP contribution in [0.3, 0.4) is 0 Å². The maximum atomic E-state index is 15.1. The first-order valence-electron chi connectivity index (χ1n) is 12.7. The van der Waals surface area contributed by atoms with E-state index in [0.717, 1.165) is 32.2 Å². The molecule has 3 fully saturated rings. The Balaban J connectivity index is 1.31. The van der Waals surface area contributed by atoms with Crippen molar-refractivity contribution in [3.8, 4) is 0 Å². The second-order valence-electron chi connectivity index (χ2n) is 9.81. The van der Waals surface area contributed by atoms with Gasteiger partial charge in [0, 0.05) is 31.4 Å². The first-order valence-corrected chi connectivity index (χ1v) is 13.9. The van der Waals surface area contributed by atoms with Gasteiger partial charge in [-0.05, 0) is 61.9 Å². The fraction of sp³-hybridized carbons (Fsp3) is 0.500. The van der Waals surface area contributed by atoms with Gasteiger partial charge in [0.25, 0.3) is 11.8 Å². The average Bonchev–Trinajstić information content (AvgIpc) is 3.60. The number of carbonyl (C=O) groups is 3. The van der Waals surface area contributed by atoms with Crippen molar-refractivity contribution >= 4 is 52.0 Å². The van der Waals surface area contributed by atoms with Crippen LogP contribution in [0.4, 0.5) is 15.8 Å². The molecule has 1 atom stereocenters. The molecule has 5 rings (SSSR count). The summed E-state index contributed by atoms with van der Waals surface area (Å²) < 4.78 is 20.7. The average molecular weight is 549 g/mol. The number of ether oxygens (including phenoxy) is 1. The molecule has 1 saturated heterocycles. The lowest BCUT2D eigenvalue weighted by Crippen LogP contribution is -2.53. The van der Waals surface area contributed by atoms with Gasteiger partial charge in [-0.1, -0.05) is 18.0 Å². The summed E-state index contributed by atoms with van der Waals surface area (Å²) in [6.45, 7) is 1.58. The molecular formula is C26H30ClFN4O4S. The van der Waals surface area contributed by atoms with Gasteiger partial charge < -0.3 is 20.3 Å². The summed E-state index contributed by atoms with van der Waals surface area (Å²) in [4.78, 5) is 42.5. The van der Waals surface area contributed by atoms with Crippen LogP contribution in [-0.2, 0) is 14.3 Å². The molecule has 3 amide bonds. The van der Waals surface area contributed by atoms with E-state index in [4.69, 9.17) is 16.3 Å². The van der Waals surface area contributed by atoms with E-state index in [-0.39, 0.29) is 42.6 Å². The number of nitrogens with one attached hydrogen (secondary N) is 2. The van der Waals surface area contributed by atoms with Crippen LogP contribution in [0.15, 0.2) is 30.3 Å². The molecule has 0 bridgehead atoms. The van der Waals surface area contributed by atoms with E-state index < -0.39 is 11.9 Å². The highest BCUT2D eigenvalue weighted by molar-refractivity contribution is 7.18. The lowest BCUT2D eigenvalue weighted by molar-refractivity contribution is -0.125. The Hall–Kier alpha value is -2.53. The van der Waals surface area contributed by atoms with Gasteiger partial charge >= 0.3 is 0 Å². The molecule has 2 N–H and O–H groups in total. The second-order valence-corrected chi connectivity index (χ2v) is 11.5. The number of hydrogen-bond acceptors (Lipinski definition) is 6. The molecule has 2 saturated carbocycles. The molecule has 2 heterocycles. The minimum absolute atomic E-state index is 0.0372. The molecule has 0 radical (unpaired) electrons. The van der Waals surface area contributed by atoms with Crippen molar-refractivity contribution in [3.63, 3.8) is 0 Å². The van der Waals surface area contributed by atoms with Crippen LogP contribution in [0.5, 0.6) is 0 Å². The van der Waals surface area contributed by atoms with E-state index in [1.54, 1.807) is 18.2 Å². The minimum atomic E-state index is -0.646. The standard InChI is InChI=1S/C26H30ClFN4O4S/c27-23-9-8-22(37-23)26(35)29-13-21(32(17-4-5-17)14-16-2-1-3-16)25(34)30-20-7-6-18(12-19(20)28)31-10-11-36-15-24(31)33/h6-9,12,16-17,21H,1-5,10-11,13-15H2,(H,29,35)(H,30,34)/t21-/m0/s1. The van der Waals surface area contributed by atoms with Crippen molar-refractivity contribution < 1.29 is 23.5 Å². The van der Waals surface area contributed by atoms with E-state index >= 15 is 4.39 Å². The molecule has 1 aromatic carbocycles. The highest BCUT2D eigenvalue weighted by Crippen LogP contribution is 2.35. The molecular weight excluding hydrogens is 519 g/mol. The number of nitrogens with zero attached hydrogens (tertiary/aromatic N) is 2. The zero-order valence-electron chi connectivity index (χ0n) is 20.4. The van der Waals surface area contributed by atoms with E-state index in [2.05, 4.69) is 15.5 Å². The zero-order chi connectivity index (χ0) is 25.9. The largest absolute Gasteiger partial charge is 0.370 e. The number of rotatable bonds is 10. The maximum absolute atomic E-state index is 15.1. The summed E-state index contributed by atoms with van der Waals surface area (Å²) in [5.74, 6) is -0.992. The Morgan fingerprint density at radius 3 is 2.65 bits per heavy atom. The number of thiophene rings is 1. The van der Waals surface area contributed by atoms with Gasteiger partial charge in [0.1, 0.15) is 18.5 Å². The fourth-order valence-corrected chi connectivity index (χ4v) is 5.72. The number of morpholine rings is 1. The molecule has 1 aromatic heterocycles. The Morgan fingerprint density at radius 2 is 2.03 bits per heavy atom. The van der Waals surface area contributed by atoms with Crippen LogP contribution in [0.25, 0.3) is 0 Å². The highest BCUT2D eigenvalue weighted by Gasteiger charge is 2.39. The molecule has 37 heavy (non-hydrogen) atoms. The van der Waals surface area contributed by atoms with Crippen LogP contribution >= 0.6 is 22.9 Å². The molecule has 2 aromatic rings. The predicted molar refractivity (Wildman–Crippen MR) is 141 cm³/mol. The van der Waals surface area contributed by atoms with E-state index in [0.29, 0.717) is 34.0 Å². The molecule has 198 valence electrons. The van der Waals surface area contributed by atoms with Gasteiger partial charge in [-0.2, -0.15) is 0 Å². The van der Waals surface area contributed by atoms with Crippen molar-refractivity contribution in [2.45, 2.75) is 44.2 Å². The van der Waals surface area contributed by atoms with Gasteiger partial charge in [-0.25, -0.2) is 4.39 Å². The monoisotopic (exact) mass is 548 g/mol. The summed E-state index contributed by atoms with van der Waals surface area (Å²) in [6.07, 6.45) is 5.46. The van der Waals surface area contributed by atoms with Gasteiger partial charge in [-0.3, -0.25) is 19.3 Å². The summed E-state index contributed by atoms with van der Waals surface area (Å²) in [6, 6.07) is 7.30. The van der Waals surface area contributed by atoms with E-state index in [1.807, 2.05) is 0 Å². The van der Waals surface area contributed by atoms with Crippen LogP contribution in [0.2, 0.25) is 4.34 Å². The Morgan fingerprint density at radius 1 is 1.22 bits per heavy atom. The van der Waals surface area contributed by atoms with Gasteiger partial charge in [0.05, 0.1) is 21.5 Å². The smallest absolute Gasteiger partial charge is 0.261 e. The Kier molecular flexibility index (Phi) is 8.09. The number of anilines is 2. The van der Waals surface area contributed by atoms with Gasteiger partial charge in [0.2, 0.25) is 5.91 Å². The third-order valence-corrected chi connectivity index (χ3v) is 8.40. The minimum Gasteiger partial charge on any atom is -0.370 e. The molecule has 2 aliphatic carbocycles. The summed E-state index contributed by atoms with van der Waals surface area (Å²) in [7, 11) is 0. The van der Waals surface area contributed by atoms with Crippen molar-refractivity contribution in [2.24, 2.45) is 5.92 Å².